The number of likely N-dealkylation sites (tertiary alicyclic amines) is 1. The first-order chi connectivity index (χ1) is 11.6. The zero-order valence-corrected chi connectivity index (χ0v) is 15.4. The van der Waals surface area contributed by atoms with Crippen LogP contribution in [0.1, 0.15) is 36.0 Å². The number of para-hydroxylation sites is 1. The van der Waals surface area contributed by atoms with Gasteiger partial charge in [-0.25, -0.2) is 0 Å². The minimum atomic E-state index is -0.00334. The fraction of sp³-hybridized carbons (Fsp3) is 0.450. The maximum atomic E-state index is 12.9. The predicted octanol–water partition coefficient (Wildman–Crippen LogP) is 4.40. The lowest BCUT2D eigenvalue weighted by molar-refractivity contribution is -0.122. The van der Waals surface area contributed by atoms with Crippen LogP contribution in [-0.2, 0) is 11.2 Å². The SMILES string of the molecule is Cc1cccc(C)c1NC(=O)[C@@H]1CCCCN1CCc1ccsc1. The number of aryl methyl sites for hydroxylation is 2. The molecule has 0 saturated carbocycles. The van der Waals surface area contributed by atoms with Crippen LogP contribution in [0.2, 0.25) is 0 Å². The number of nitrogens with one attached hydrogen (secondary N) is 1. The highest BCUT2D eigenvalue weighted by atomic mass is 32.1. The Morgan fingerprint density at radius 1 is 1.25 bits per heavy atom. The molecule has 0 bridgehead atoms. The molecule has 0 spiro atoms. The molecule has 0 unspecified atom stereocenters. The van der Waals surface area contributed by atoms with Gasteiger partial charge in [0, 0.05) is 12.2 Å². The number of anilines is 1. The second-order valence-electron chi connectivity index (χ2n) is 6.69. The minimum absolute atomic E-state index is 0.00334. The zero-order valence-electron chi connectivity index (χ0n) is 14.5. The fourth-order valence-corrected chi connectivity index (χ4v) is 4.18. The van der Waals surface area contributed by atoms with Crippen LogP contribution in [0.3, 0.4) is 0 Å². The second kappa shape index (κ2) is 7.95. The van der Waals surface area contributed by atoms with Gasteiger partial charge in [0.2, 0.25) is 5.91 Å². The maximum absolute atomic E-state index is 12.9. The number of hydrogen-bond donors (Lipinski definition) is 1. The summed E-state index contributed by atoms with van der Waals surface area (Å²) in [6.45, 7) is 6.09. The highest BCUT2D eigenvalue weighted by Crippen LogP contribution is 2.23. The molecule has 0 aliphatic carbocycles. The molecule has 1 N–H and O–H groups in total. The molecule has 3 rings (SSSR count). The van der Waals surface area contributed by atoms with Gasteiger partial charge in [-0.15, -0.1) is 0 Å². The van der Waals surface area contributed by atoms with Crippen molar-refractivity contribution in [2.75, 3.05) is 18.4 Å². The summed E-state index contributed by atoms with van der Waals surface area (Å²) in [6.07, 6.45) is 4.31. The normalized spacial score (nSPS) is 18.5. The van der Waals surface area contributed by atoms with Gasteiger partial charge in [0.25, 0.3) is 0 Å². The van der Waals surface area contributed by atoms with E-state index in [9.17, 15) is 4.79 Å². The van der Waals surface area contributed by atoms with E-state index in [4.69, 9.17) is 0 Å². The monoisotopic (exact) mass is 342 g/mol. The summed E-state index contributed by atoms with van der Waals surface area (Å²) in [6, 6.07) is 8.32. The topological polar surface area (TPSA) is 32.3 Å². The number of carbonyl (C=O) groups is 1. The molecule has 2 aromatic rings. The molecule has 1 saturated heterocycles. The molecule has 1 aromatic heterocycles. The van der Waals surface area contributed by atoms with Crippen LogP contribution >= 0.6 is 11.3 Å². The largest absolute Gasteiger partial charge is 0.324 e. The molecule has 0 radical (unpaired) electrons. The van der Waals surface area contributed by atoms with Crippen molar-refractivity contribution in [1.82, 2.24) is 4.90 Å². The molecule has 4 heteroatoms. The molecule has 1 aromatic carbocycles. The van der Waals surface area contributed by atoms with E-state index in [1.807, 2.05) is 6.07 Å². The Hall–Kier alpha value is -1.65. The predicted molar refractivity (Wildman–Crippen MR) is 102 cm³/mol. The first kappa shape index (κ1) is 17.2. The fourth-order valence-electron chi connectivity index (χ4n) is 3.48. The summed E-state index contributed by atoms with van der Waals surface area (Å²) in [4.78, 5) is 15.3. The number of carbonyl (C=O) groups excluding carboxylic acids is 1. The third-order valence-corrected chi connectivity index (χ3v) is 5.65. The van der Waals surface area contributed by atoms with Crippen LogP contribution < -0.4 is 5.32 Å². The van der Waals surface area contributed by atoms with E-state index in [0.717, 1.165) is 49.2 Å². The van der Waals surface area contributed by atoms with Gasteiger partial charge >= 0.3 is 0 Å². The maximum Gasteiger partial charge on any atom is 0.241 e. The van der Waals surface area contributed by atoms with Gasteiger partial charge in [0.1, 0.15) is 0 Å². The summed E-state index contributed by atoms with van der Waals surface area (Å²) in [5.74, 6) is 0.150. The van der Waals surface area contributed by atoms with Gasteiger partial charge < -0.3 is 5.32 Å². The molecule has 1 fully saturated rings. The summed E-state index contributed by atoms with van der Waals surface area (Å²) >= 11 is 1.74. The zero-order chi connectivity index (χ0) is 16.9. The number of piperidine rings is 1. The minimum Gasteiger partial charge on any atom is -0.324 e. The molecule has 1 aliphatic heterocycles. The van der Waals surface area contributed by atoms with Gasteiger partial charge in [-0.1, -0.05) is 24.6 Å². The van der Waals surface area contributed by atoms with E-state index in [1.165, 1.54) is 12.0 Å². The van der Waals surface area contributed by atoms with Gasteiger partial charge in [-0.05, 0) is 73.2 Å². The van der Waals surface area contributed by atoms with Crippen LogP contribution in [-0.4, -0.2) is 29.9 Å². The van der Waals surface area contributed by atoms with Crippen molar-refractivity contribution in [2.24, 2.45) is 0 Å². The highest BCUT2D eigenvalue weighted by molar-refractivity contribution is 7.07. The van der Waals surface area contributed by atoms with E-state index in [2.05, 4.69) is 53.0 Å². The quantitative estimate of drug-likeness (QED) is 0.873. The van der Waals surface area contributed by atoms with E-state index in [-0.39, 0.29) is 11.9 Å². The van der Waals surface area contributed by atoms with Crippen LogP contribution in [0.15, 0.2) is 35.0 Å². The van der Waals surface area contributed by atoms with Crippen molar-refractivity contribution >= 4 is 22.9 Å². The van der Waals surface area contributed by atoms with E-state index < -0.39 is 0 Å². The third-order valence-electron chi connectivity index (χ3n) is 4.91. The lowest BCUT2D eigenvalue weighted by atomic mass is 10.00. The van der Waals surface area contributed by atoms with Gasteiger partial charge in [-0.2, -0.15) is 11.3 Å². The lowest BCUT2D eigenvalue weighted by Gasteiger charge is -2.34. The molecule has 1 atom stereocenters. The van der Waals surface area contributed by atoms with Gasteiger partial charge in [0.15, 0.2) is 0 Å². The van der Waals surface area contributed by atoms with Gasteiger partial charge in [0.05, 0.1) is 6.04 Å². The average Bonchev–Trinajstić information content (AvgIpc) is 3.10. The second-order valence-corrected chi connectivity index (χ2v) is 7.47. The Bertz CT molecular complexity index is 661. The molecule has 128 valence electrons. The average molecular weight is 343 g/mol. The molecular formula is C20H26N2OS. The Kier molecular flexibility index (Phi) is 5.69. The lowest BCUT2D eigenvalue weighted by Crippen LogP contribution is -2.47. The summed E-state index contributed by atoms with van der Waals surface area (Å²) in [5.41, 5.74) is 4.61. The molecule has 2 heterocycles. The van der Waals surface area contributed by atoms with Gasteiger partial charge in [-0.3, -0.25) is 9.69 Å². The first-order valence-corrected chi connectivity index (χ1v) is 9.71. The molecule has 24 heavy (non-hydrogen) atoms. The van der Waals surface area contributed by atoms with Crippen LogP contribution in [0.4, 0.5) is 5.69 Å². The number of amides is 1. The molecule has 3 nitrogen and oxygen atoms in total. The first-order valence-electron chi connectivity index (χ1n) is 8.77. The summed E-state index contributed by atoms with van der Waals surface area (Å²) in [5, 5.41) is 7.52. The Morgan fingerprint density at radius 2 is 2.04 bits per heavy atom. The Balaban J connectivity index is 1.66. The van der Waals surface area contributed by atoms with Crippen molar-refractivity contribution in [3.8, 4) is 0 Å². The number of rotatable bonds is 5. The molecule has 1 amide bonds. The standard InChI is InChI=1S/C20H26N2OS/c1-15-6-5-7-16(2)19(15)21-20(23)18-8-3-4-11-22(18)12-9-17-10-13-24-14-17/h5-7,10,13-14,18H,3-4,8-9,11-12H2,1-2H3,(H,21,23)/t18-/m0/s1. The van der Waals surface area contributed by atoms with E-state index >= 15 is 0 Å². The van der Waals surface area contributed by atoms with E-state index in [1.54, 1.807) is 11.3 Å². The number of hydrogen-bond acceptors (Lipinski definition) is 3. The smallest absolute Gasteiger partial charge is 0.241 e. The third kappa shape index (κ3) is 4.05. The number of thiophene rings is 1. The van der Waals surface area contributed by atoms with Crippen LogP contribution in [0.25, 0.3) is 0 Å². The highest BCUT2D eigenvalue weighted by Gasteiger charge is 2.28. The summed E-state index contributed by atoms with van der Waals surface area (Å²) in [7, 11) is 0. The number of nitrogens with zero attached hydrogens (tertiary/aromatic N) is 1. The molecular weight excluding hydrogens is 316 g/mol. The van der Waals surface area contributed by atoms with Crippen LogP contribution in [0.5, 0.6) is 0 Å². The summed E-state index contributed by atoms with van der Waals surface area (Å²) < 4.78 is 0. The molecule has 1 aliphatic rings. The Labute approximate surface area is 148 Å². The van der Waals surface area contributed by atoms with Crippen molar-refractivity contribution in [3.63, 3.8) is 0 Å². The van der Waals surface area contributed by atoms with Crippen molar-refractivity contribution in [3.05, 3.63) is 51.7 Å². The number of benzene rings is 1. The van der Waals surface area contributed by atoms with Crippen molar-refractivity contribution < 1.29 is 4.79 Å². The van der Waals surface area contributed by atoms with Crippen molar-refractivity contribution in [2.45, 2.75) is 45.6 Å². The Morgan fingerprint density at radius 3 is 2.75 bits per heavy atom. The van der Waals surface area contributed by atoms with Crippen molar-refractivity contribution in [1.29, 1.82) is 0 Å². The van der Waals surface area contributed by atoms with Crippen LogP contribution in [0, 0.1) is 13.8 Å². The van der Waals surface area contributed by atoms with E-state index in [0.29, 0.717) is 0 Å².